The minimum Gasteiger partial charge on any atom is -0.303 e. The molecule has 1 fully saturated rings. The van der Waals surface area contributed by atoms with Crippen molar-refractivity contribution in [3.05, 3.63) is 0 Å². The average molecular weight is 211 g/mol. The SMILES string of the molecule is CCCCCCCN1CCC(C)C(C)C1. The Balaban J connectivity index is 2.02. The largest absolute Gasteiger partial charge is 0.303 e. The topological polar surface area (TPSA) is 3.24 Å². The highest BCUT2D eigenvalue weighted by Gasteiger charge is 2.21. The van der Waals surface area contributed by atoms with E-state index in [9.17, 15) is 0 Å². The summed E-state index contributed by atoms with van der Waals surface area (Å²) in [4.78, 5) is 2.68. The molecule has 0 aliphatic carbocycles. The molecule has 0 bridgehead atoms. The van der Waals surface area contributed by atoms with Gasteiger partial charge in [0.15, 0.2) is 0 Å². The quantitative estimate of drug-likeness (QED) is 0.602. The van der Waals surface area contributed by atoms with Gasteiger partial charge in [-0.2, -0.15) is 0 Å². The molecule has 15 heavy (non-hydrogen) atoms. The van der Waals surface area contributed by atoms with Gasteiger partial charge in [-0.3, -0.25) is 0 Å². The maximum Gasteiger partial charge on any atom is 0.000957 e. The van der Waals surface area contributed by atoms with Gasteiger partial charge >= 0.3 is 0 Å². The van der Waals surface area contributed by atoms with Crippen LogP contribution in [0.4, 0.5) is 0 Å². The van der Waals surface area contributed by atoms with Crippen LogP contribution in [0.3, 0.4) is 0 Å². The summed E-state index contributed by atoms with van der Waals surface area (Å²) >= 11 is 0. The van der Waals surface area contributed by atoms with Gasteiger partial charge in [0.05, 0.1) is 0 Å². The molecule has 0 spiro atoms. The molecular weight excluding hydrogens is 182 g/mol. The van der Waals surface area contributed by atoms with Crippen LogP contribution in [-0.2, 0) is 0 Å². The minimum atomic E-state index is 0.911. The summed E-state index contributed by atoms with van der Waals surface area (Å²) in [5, 5.41) is 0. The van der Waals surface area contributed by atoms with Crippen molar-refractivity contribution in [1.29, 1.82) is 0 Å². The van der Waals surface area contributed by atoms with Crippen molar-refractivity contribution in [2.45, 2.75) is 59.3 Å². The third-order valence-corrected chi connectivity index (χ3v) is 4.00. The Morgan fingerprint density at radius 2 is 1.73 bits per heavy atom. The number of rotatable bonds is 6. The first-order valence-electron chi connectivity index (χ1n) is 6.96. The Labute approximate surface area is 96.2 Å². The summed E-state index contributed by atoms with van der Waals surface area (Å²) in [5.74, 6) is 1.86. The van der Waals surface area contributed by atoms with Crippen molar-refractivity contribution >= 4 is 0 Å². The highest BCUT2D eigenvalue weighted by atomic mass is 15.1. The van der Waals surface area contributed by atoms with Crippen LogP contribution in [-0.4, -0.2) is 24.5 Å². The molecule has 1 aliphatic rings. The van der Waals surface area contributed by atoms with Crippen molar-refractivity contribution in [2.75, 3.05) is 19.6 Å². The second-order valence-corrected chi connectivity index (χ2v) is 5.46. The fourth-order valence-corrected chi connectivity index (χ4v) is 2.49. The molecule has 0 aromatic rings. The van der Waals surface area contributed by atoms with E-state index in [1.165, 1.54) is 58.2 Å². The van der Waals surface area contributed by atoms with E-state index in [-0.39, 0.29) is 0 Å². The van der Waals surface area contributed by atoms with E-state index in [2.05, 4.69) is 25.7 Å². The van der Waals surface area contributed by atoms with Gasteiger partial charge in [-0.15, -0.1) is 0 Å². The third kappa shape index (κ3) is 5.01. The van der Waals surface area contributed by atoms with Gasteiger partial charge in [-0.25, -0.2) is 0 Å². The zero-order valence-electron chi connectivity index (χ0n) is 11.0. The third-order valence-electron chi connectivity index (χ3n) is 4.00. The van der Waals surface area contributed by atoms with Crippen LogP contribution in [0.5, 0.6) is 0 Å². The molecule has 1 rings (SSSR count). The summed E-state index contributed by atoms with van der Waals surface area (Å²) < 4.78 is 0. The van der Waals surface area contributed by atoms with E-state index in [1.54, 1.807) is 0 Å². The molecule has 0 amide bonds. The van der Waals surface area contributed by atoms with E-state index < -0.39 is 0 Å². The van der Waals surface area contributed by atoms with Gasteiger partial charge in [0.25, 0.3) is 0 Å². The summed E-state index contributed by atoms with van der Waals surface area (Å²) in [7, 11) is 0. The summed E-state index contributed by atoms with van der Waals surface area (Å²) in [6.45, 7) is 11.1. The zero-order chi connectivity index (χ0) is 11.1. The number of hydrogen-bond acceptors (Lipinski definition) is 1. The predicted molar refractivity (Wildman–Crippen MR) is 68.1 cm³/mol. The number of unbranched alkanes of at least 4 members (excludes halogenated alkanes) is 4. The van der Waals surface area contributed by atoms with Crippen LogP contribution in [0.2, 0.25) is 0 Å². The minimum absolute atomic E-state index is 0.911. The second kappa shape index (κ2) is 7.27. The van der Waals surface area contributed by atoms with E-state index >= 15 is 0 Å². The van der Waals surface area contributed by atoms with Gasteiger partial charge in [0.2, 0.25) is 0 Å². The lowest BCUT2D eigenvalue weighted by Gasteiger charge is -2.35. The molecule has 0 N–H and O–H groups in total. The molecule has 0 radical (unpaired) electrons. The van der Waals surface area contributed by atoms with E-state index in [0.717, 1.165) is 11.8 Å². The van der Waals surface area contributed by atoms with Crippen LogP contribution >= 0.6 is 0 Å². The van der Waals surface area contributed by atoms with Gasteiger partial charge in [-0.1, -0.05) is 46.5 Å². The summed E-state index contributed by atoms with van der Waals surface area (Å²) in [5.41, 5.74) is 0. The highest BCUT2D eigenvalue weighted by Crippen LogP contribution is 2.22. The van der Waals surface area contributed by atoms with Crippen LogP contribution in [0.1, 0.15) is 59.3 Å². The Bertz CT molecular complexity index is 155. The first-order chi connectivity index (χ1) is 7.24. The van der Waals surface area contributed by atoms with Gasteiger partial charge in [0.1, 0.15) is 0 Å². The zero-order valence-corrected chi connectivity index (χ0v) is 11.0. The lowest BCUT2D eigenvalue weighted by Crippen LogP contribution is -2.38. The van der Waals surface area contributed by atoms with Crippen LogP contribution in [0.25, 0.3) is 0 Å². The molecule has 0 aromatic carbocycles. The van der Waals surface area contributed by atoms with Crippen molar-refractivity contribution in [1.82, 2.24) is 4.90 Å². The lowest BCUT2D eigenvalue weighted by atomic mass is 9.88. The average Bonchev–Trinajstić information content (AvgIpc) is 2.23. The summed E-state index contributed by atoms with van der Waals surface area (Å²) in [6, 6.07) is 0. The number of nitrogens with zero attached hydrogens (tertiary/aromatic N) is 1. The molecule has 1 aliphatic heterocycles. The first-order valence-corrected chi connectivity index (χ1v) is 6.96. The monoisotopic (exact) mass is 211 g/mol. The van der Waals surface area contributed by atoms with Crippen LogP contribution in [0, 0.1) is 11.8 Å². The Morgan fingerprint density at radius 1 is 1.00 bits per heavy atom. The van der Waals surface area contributed by atoms with E-state index in [4.69, 9.17) is 0 Å². The van der Waals surface area contributed by atoms with Crippen LogP contribution in [0.15, 0.2) is 0 Å². The number of piperidine rings is 1. The standard InChI is InChI=1S/C14H29N/c1-4-5-6-7-8-10-15-11-9-13(2)14(3)12-15/h13-14H,4-12H2,1-3H3. The molecule has 90 valence electrons. The molecule has 1 heterocycles. The lowest BCUT2D eigenvalue weighted by molar-refractivity contribution is 0.136. The molecule has 2 unspecified atom stereocenters. The molecule has 0 aromatic heterocycles. The highest BCUT2D eigenvalue weighted by molar-refractivity contribution is 4.74. The fourth-order valence-electron chi connectivity index (χ4n) is 2.49. The van der Waals surface area contributed by atoms with E-state index in [1.807, 2.05) is 0 Å². The molecule has 0 saturated carbocycles. The van der Waals surface area contributed by atoms with Gasteiger partial charge in [0, 0.05) is 6.54 Å². The first kappa shape index (κ1) is 13.0. The fraction of sp³-hybridized carbons (Fsp3) is 1.00. The van der Waals surface area contributed by atoms with Gasteiger partial charge in [-0.05, 0) is 37.8 Å². The summed E-state index contributed by atoms with van der Waals surface area (Å²) in [6.07, 6.45) is 8.49. The van der Waals surface area contributed by atoms with Crippen molar-refractivity contribution in [2.24, 2.45) is 11.8 Å². The Hall–Kier alpha value is -0.0400. The van der Waals surface area contributed by atoms with Gasteiger partial charge < -0.3 is 4.90 Å². The van der Waals surface area contributed by atoms with Crippen LogP contribution < -0.4 is 0 Å². The maximum atomic E-state index is 2.68. The predicted octanol–water partition coefficient (Wildman–Crippen LogP) is 3.93. The second-order valence-electron chi connectivity index (χ2n) is 5.46. The molecule has 1 heteroatoms. The number of hydrogen-bond donors (Lipinski definition) is 0. The van der Waals surface area contributed by atoms with Crippen molar-refractivity contribution < 1.29 is 0 Å². The van der Waals surface area contributed by atoms with Crippen molar-refractivity contribution in [3.63, 3.8) is 0 Å². The Morgan fingerprint density at radius 3 is 2.40 bits per heavy atom. The Kier molecular flexibility index (Phi) is 6.31. The molecule has 1 nitrogen and oxygen atoms in total. The smallest absolute Gasteiger partial charge is 0.000957 e. The van der Waals surface area contributed by atoms with Crippen molar-refractivity contribution in [3.8, 4) is 0 Å². The molecule has 1 saturated heterocycles. The number of likely N-dealkylation sites (tertiary alicyclic amines) is 1. The normalized spacial score (nSPS) is 28.2. The maximum absolute atomic E-state index is 2.68. The molecular formula is C14H29N. The molecule has 2 atom stereocenters. The van der Waals surface area contributed by atoms with E-state index in [0.29, 0.717) is 0 Å².